The lowest BCUT2D eigenvalue weighted by Crippen LogP contribution is -2.24. The van der Waals surface area contributed by atoms with E-state index in [0.717, 1.165) is 12.1 Å². The third kappa shape index (κ3) is 8.73. The first-order valence-electron chi connectivity index (χ1n) is 12.0. The van der Waals surface area contributed by atoms with E-state index in [0.29, 0.717) is 48.0 Å². The average Bonchev–Trinajstić information content (AvgIpc) is 3.13. The normalized spacial score (nSPS) is 12.8. The summed E-state index contributed by atoms with van der Waals surface area (Å²) in [6.45, 7) is 2.90. The van der Waals surface area contributed by atoms with Gasteiger partial charge in [0.05, 0.1) is 16.1 Å². The Morgan fingerprint density at radius 3 is 2.43 bits per heavy atom. The Morgan fingerprint density at radius 2 is 1.81 bits per heavy atom. The van der Waals surface area contributed by atoms with Crippen molar-refractivity contribution in [1.82, 2.24) is 15.3 Å². The lowest BCUT2D eigenvalue weighted by Gasteiger charge is -2.14. The van der Waals surface area contributed by atoms with Crippen molar-refractivity contribution in [2.24, 2.45) is 0 Å². The van der Waals surface area contributed by atoms with Crippen molar-refractivity contribution in [3.63, 3.8) is 0 Å². The zero-order valence-electron chi connectivity index (χ0n) is 21.5. The van der Waals surface area contributed by atoms with Crippen molar-refractivity contribution in [3.8, 4) is 11.5 Å². The van der Waals surface area contributed by atoms with E-state index in [2.05, 4.69) is 25.9 Å². The largest absolute Gasteiger partial charge is 0.490 e. The van der Waals surface area contributed by atoms with Gasteiger partial charge in [-0.2, -0.15) is 26.3 Å². The molecule has 0 spiro atoms. The van der Waals surface area contributed by atoms with Crippen molar-refractivity contribution in [3.05, 3.63) is 70.5 Å². The minimum atomic E-state index is -5.08. The summed E-state index contributed by atoms with van der Waals surface area (Å²) in [7, 11) is 0. The highest BCUT2D eigenvalue weighted by molar-refractivity contribution is 6.32. The predicted molar refractivity (Wildman–Crippen MR) is 142 cm³/mol. The Bertz CT molecular complexity index is 1480. The van der Waals surface area contributed by atoms with Gasteiger partial charge in [-0.25, -0.2) is 14.8 Å². The molecule has 9 nitrogen and oxygen atoms in total. The highest BCUT2D eigenvalue weighted by Gasteiger charge is 2.38. The lowest BCUT2D eigenvalue weighted by atomic mass is 10.1. The molecule has 4 rings (SSSR count). The molecule has 0 saturated heterocycles. The first-order chi connectivity index (χ1) is 19.7. The van der Waals surface area contributed by atoms with Crippen molar-refractivity contribution >= 4 is 46.9 Å². The number of carboxylic acids is 1. The number of alkyl halides is 6. The number of hydrogen-bond acceptors (Lipinski definition) is 7. The highest BCUT2D eigenvalue weighted by Crippen LogP contribution is 2.36. The number of carbonyl (C=O) groups excluding carboxylic acids is 1. The number of aliphatic carboxylic acids is 1. The number of benzene rings is 2. The maximum absolute atomic E-state index is 13.0. The van der Waals surface area contributed by atoms with Crippen LogP contribution in [0.15, 0.2) is 54.4 Å². The van der Waals surface area contributed by atoms with Crippen molar-refractivity contribution in [1.29, 1.82) is 0 Å². The lowest BCUT2D eigenvalue weighted by molar-refractivity contribution is -0.192. The maximum atomic E-state index is 13.0. The zero-order valence-corrected chi connectivity index (χ0v) is 22.3. The number of halogens is 7. The molecule has 42 heavy (non-hydrogen) atoms. The van der Waals surface area contributed by atoms with E-state index in [1.807, 2.05) is 6.92 Å². The number of nitrogens with zero attached hydrogens (tertiary/aromatic N) is 2. The van der Waals surface area contributed by atoms with Crippen LogP contribution in [-0.2, 0) is 15.8 Å². The van der Waals surface area contributed by atoms with E-state index in [9.17, 15) is 31.1 Å². The number of aromatic nitrogens is 2. The first-order valence-corrected chi connectivity index (χ1v) is 12.4. The van der Waals surface area contributed by atoms with Gasteiger partial charge in [0.1, 0.15) is 29.5 Å². The van der Waals surface area contributed by atoms with Gasteiger partial charge in [-0.15, -0.1) is 0 Å². The molecule has 1 aliphatic rings. The standard InChI is InChI=1S/C24H21ClF3N5O2.C2HF3O2/c1-2-29-23(34)14-8-9-30-21-18(10-14)22(32-13-31-21)33-16-6-7-20(19(25)12-16)35-17-5-3-4-15(11-17)24(26,27)28;3-2(4,5)1(6)7/h3-7,10-13H,2,8-9H2,1H3,(H,29,34)(H2,30,31,32,33);(H,6,7). The number of nitrogens with one attached hydrogen (secondary N) is 3. The SMILES string of the molecule is CCNC(=O)C1=Cc2c(ncnc2Nc2ccc(Oc3cccc(C(F)(F)F)c3)c(Cl)c2)NCC1.O=C(O)C(F)(F)F. The van der Waals surface area contributed by atoms with E-state index in [4.69, 9.17) is 26.2 Å². The number of rotatable bonds is 6. The number of anilines is 3. The second-order valence-electron chi connectivity index (χ2n) is 8.39. The molecule has 3 aromatic rings. The van der Waals surface area contributed by atoms with Gasteiger partial charge in [-0.05, 0) is 55.8 Å². The fourth-order valence-electron chi connectivity index (χ4n) is 3.45. The monoisotopic (exact) mass is 617 g/mol. The third-order valence-corrected chi connectivity index (χ3v) is 5.64. The summed E-state index contributed by atoms with van der Waals surface area (Å²) < 4.78 is 76.2. The van der Waals surface area contributed by atoms with Gasteiger partial charge in [0, 0.05) is 24.4 Å². The number of fused-ring (bicyclic) bond motifs is 1. The van der Waals surface area contributed by atoms with Crippen LogP contribution in [0.2, 0.25) is 5.02 Å². The van der Waals surface area contributed by atoms with Crippen LogP contribution in [0.4, 0.5) is 43.7 Å². The molecule has 16 heteroatoms. The average molecular weight is 618 g/mol. The van der Waals surface area contributed by atoms with Crippen molar-refractivity contribution in [2.45, 2.75) is 25.7 Å². The zero-order chi connectivity index (χ0) is 31.1. The topological polar surface area (TPSA) is 125 Å². The van der Waals surface area contributed by atoms with Crippen LogP contribution in [0.5, 0.6) is 11.5 Å². The van der Waals surface area contributed by atoms with E-state index < -0.39 is 23.9 Å². The summed E-state index contributed by atoms with van der Waals surface area (Å²) >= 11 is 6.35. The fraction of sp³-hybridized carbons (Fsp3) is 0.231. The van der Waals surface area contributed by atoms with E-state index in [-0.39, 0.29) is 22.4 Å². The van der Waals surface area contributed by atoms with Crippen LogP contribution < -0.4 is 20.7 Å². The Hall–Kier alpha value is -4.53. The van der Waals surface area contributed by atoms with Crippen LogP contribution >= 0.6 is 11.6 Å². The van der Waals surface area contributed by atoms with Crippen LogP contribution in [-0.4, -0.2) is 46.2 Å². The second kappa shape index (κ2) is 13.4. The Morgan fingerprint density at radius 1 is 1.10 bits per heavy atom. The second-order valence-corrected chi connectivity index (χ2v) is 8.80. The molecule has 0 unspecified atom stereocenters. The van der Waals surface area contributed by atoms with Crippen LogP contribution in [0, 0.1) is 0 Å². The molecule has 0 aliphatic carbocycles. The minimum Gasteiger partial charge on any atom is -0.475 e. The third-order valence-electron chi connectivity index (χ3n) is 5.34. The van der Waals surface area contributed by atoms with Crippen molar-refractivity contribution in [2.75, 3.05) is 23.7 Å². The van der Waals surface area contributed by atoms with Gasteiger partial charge in [-0.1, -0.05) is 17.7 Å². The molecule has 0 radical (unpaired) electrons. The minimum absolute atomic E-state index is 0.0117. The van der Waals surface area contributed by atoms with E-state index in [1.54, 1.807) is 24.3 Å². The number of amides is 1. The molecule has 224 valence electrons. The molecule has 0 atom stereocenters. The van der Waals surface area contributed by atoms with E-state index in [1.165, 1.54) is 18.5 Å². The molecule has 1 aromatic heterocycles. The molecule has 4 N–H and O–H groups in total. The number of carbonyl (C=O) groups is 2. The summed E-state index contributed by atoms with van der Waals surface area (Å²) in [5, 5.41) is 16.5. The quantitative estimate of drug-likeness (QED) is 0.227. The van der Waals surface area contributed by atoms with Gasteiger partial charge >= 0.3 is 18.3 Å². The molecule has 2 aromatic carbocycles. The number of likely N-dealkylation sites (N-methyl/N-ethyl adjacent to an activating group) is 1. The molecule has 0 bridgehead atoms. The summed E-state index contributed by atoms with van der Waals surface area (Å²) in [5.41, 5.74) is 0.956. The number of carboxylic acid groups (broad SMARTS) is 1. The van der Waals surface area contributed by atoms with Gasteiger partial charge in [0.15, 0.2) is 0 Å². The fourth-order valence-corrected chi connectivity index (χ4v) is 3.67. The molecule has 0 saturated carbocycles. The van der Waals surface area contributed by atoms with E-state index >= 15 is 0 Å². The summed E-state index contributed by atoms with van der Waals surface area (Å²) in [6.07, 6.45) is -5.90. The molecular weight excluding hydrogens is 596 g/mol. The Kier molecular flexibility index (Phi) is 10.2. The Balaban J connectivity index is 0.000000616. The summed E-state index contributed by atoms with van der Waals surface area (Å²) in [5.74, 6) is -1.68. The van der Waals surface area contributed by atoms with Crippen molar-refractivity contribution < 1.29 is 45.8 Å². The number of ether oxygens (including phenoxy) is 1. The van der Waals surface area contributed by atoms with Crippen LogP contribution in [0.3, 0.4) is 0 Å². The van der Waals surface area contributed by atoms with Crippen LogP contribution in [0.25, 0.3) is 6.08 Å². The highest BCUT2D eigenvalue weighted by atomic mass is 35.5. The molecule has 0 fully saturated rings. The molecular formula is C26H22ClF6N5O4. The smallest absolute Gasteiger partial charge is 0.475 e. The molecule has 2 heterocycles. The van der Waals surface area contributed by atoms with Gasteiger partial charge in [0.2, 0.25) is 5.91 Å². The maximum Gasteiger partial charge on any atom is 0.490 e. The van der Waals surface area contributed by atoms with Crippen LogP contribution in [0.1, 0.15) is 24.5 Å². The predicted octanol–water partition coefficient (Wildman–Crippen LogP) is 6.65. The van der Waals surface area contributed by atoms with Gasteiger partial charge in [-0.3, -0.25) is 4.79 Å². The first kappa shape index (κ1) is 32.0. The summed E-state index contributed by atoms with van der Waals surface area (Å²) in [4.78, 5) is 29.8. The number of hydrogen-bond donors (Lipinski definition) is 4. The Labute approximate surface area is 239 Å². The van der Waals surface area contributed by atoms with Gasteiger partial charge < -0.3 is 25.8 Å². The summed E-state index contributed by atoms with van der Waals surface area (Å²) in [6, 6.07) is 9.31. The molecule has 1 amide bonds. The molecule has 1 aliphatic heterocycles. The van der Waals surface area contributed by atoms with Gasteiger partial charge in [0.25, 0.3) is 0 Å².